The summed E-state index contributed by atoms with van der Waals surface area (Å²) in [5, 5.41) is 3.99. The molecule has 1 saturated heterocycles. The third kappa shape index (κ3) is 4.62. The first-order valence-electron chi connectivity index (χ1n) is 12.1. The number of benzene rings is 1. The van der Waals surface area contributed by atoms with Crippen molar-refractivity contribution < 1.29 is 14.0 Å². The molecule has 10 heteroatoms. The summed E-state index contributed by atoms with van der Waals surface area (Å²) in [4.78, 5) is 43.9. The van der Waals surface area contributed by atoms with Gasteiger partial charge in [0.15, 0.2) is 0 Å². The smallest absolute Gasteiger partial charge is 0.274 e. The highest BCUT2D eigenvalue weighted by Gasteiger charge is 2.34. The molecular formula is C26H24FN5O2S2. The standard InChI is InChI=1S/C26H24FN5O2S2/c27-17-8-6-15(7-9-17)22-21(31-24(36-22)16-4-5-16)26(34)32-12-2-1-3-18(32)14-30-23(33)20-13-19-25(35-20)29-11-10-28-19/h6-11,13,16,18H,1-5,12,14H2,(H,30,33)/t18-/m0/s1. The Balaban J connectivity index is 1.22. The number of rotatable bonds is 6. The average molecular weight is 522 g/mol. The van der Waals surface area contributed by atoms with Gasteiger partial charge >= 0.3 is 0 Å². The Morgan fingerprint density at radius 3 is 2.64 bits per heavy atom. The van der Waals surface area contributed by atoms with Crippen molar-refractivity contribution in [3.63, 3.8) is 0 Å². The Labute approximate surface area is 215 Å². The fourth-order valence-corrected chi connectivity index (χ4v) is 6.69. The quantitative estimate of drug-likeness (QED) is 0.374. The Hall–Kier alpha value is -3.24. The summed E-state index contributed by atoms with van der Waals surface area (Å²) < 4.78 is 13.6. The van der Waals surface area contributed by atoms with Crippen molar-refractivity contribution in [1.82, 2.24) is 25.2 Å². The third-order valence-corrected chi connectivity index (χ3v) is 8.95. The van der Waals surface area contributed by atoms with E-state index >= 15 is 0 Å². The van der Waals surface area contributed by atoms with E-state index in [0.29, 0.717) is 35.1 Å². The second-order valence-corrected chi connectivity index (χ2v) is 11.3. The maximum absolute atomic E-state index is 13.8. The molecule has 184 valence electrons. The number of piperidine rings is 1. The van der Waals surface area contributed by atoms with Crippen LogP contribution in [0.2, 0.25) is 0 Å². The van der Waals surface area contributed by atoms with Crippen molar-refractivity contribution in [2.75, 3.05) is 13.1 Å². The van der Waals surface area contributed by atoms with Crippen LogP contribution in [0.15, 0.2) is 42.7 Å². The molecule has 36 heavy (non-hydrogen) atoms. The lowest BCUT2D eigenvalue weighted by Crippen LogP contribution is -2.49. The highest BCUT2D eigenvalue weighted by atomic mass is 32.1. The van der Waals surface area contributed by atoms with Crippen molar-refractivity contribution in [2.24, 2.45) is 0 Å². The molecule has 1 saturated carbocycles. The van der Waals surface area contributed by atoms with E-state index in [4.69, 9.17) is 4.98 Å². The number of carbonyl (C=O) groups excluding carboxylic acids is 2. The summed E-state index contributed by atoms with van der Waals surface area (Å²) in [5.41, 5.74) is 1.94. The number of hydrogen-bond acceptors (Lipinski definition) is 7. The van der Waals surface area contributed by atoms with Gasteiger partial charge in [-0.2, -0.15) is 0 Å². The first kappa shape index (κ1) is 23.2. The van der Waals surface area contributed by atoms with Crippen LogP contribution in [0.3, 0.4) is 0 Å². The van der Waals surface area contributed by atoms with Gasteiger partial charge in [-0.3, -0.25) is 14.6 Å². The van der Waals surface area contributed by atoms with Gasteiger partial charge in [-0.25, -0.2) is 14.4 Å². The second-order valence-electron chi connectivity index (χ2n) is 9.23. The summed E-state index contributed by atoms with van der Waals surface area (Å²) in [6.07, 6.45) is 8.11. The van der Waals surface area contributed by atoms with Crippen LogP contribution in [0.25, 0.3) is 20.8 Å². The zero-order valence-corrected chi connectivity index (χ0v) is 21.1. The minimum Gasteiger partial charge on any atom is -0.349 e. The summed E-state index contributed by atoms with van der Waals surface area (Å²) in [5.74, 6) is -0.200. The average Bonchev–Trinajstić information content (AvgIpc) is 3.51. The van der Waals surface area contributed by atoms with Gasteiger partial charge in [0.25, 0.3) is 11.8 Å². The van der Waals surface area contributed by atoms with Crippen molar-refractivity contribution >= 4 is 44.8 Å². The fraction of sp³-hybridized carbons (Fsp3) is 0.346. The first-order chi connectivity index (χ1) is 17.6. The molecule has 6 rings (SSSR count). The molecule has 2 amide bonds. The summed E-state index contributed by atoms with van der Waals surface area (Å²) >= 11 is 2.85. The predicted octanol–water partition coefficient (Wildman–Crippen LogP) is 5.26. The van der Waals surface area contributed by atoms with Gasteiger partial charge in [0.1, 0.15) is 21.9 Å². The Morgan fingerprint density at radius 2 is 1.86 bits per heavy atom. The van der Waals surface area contributed by atoms with E-state index in [0.717, 1.165) is 52.4 Å². The molecule has 3 aromatic heterocycles. The van der Waals surface area contributed by atoms with Crippen LogP contribution in [0.1, 0.15) is 63.2 Å². The SMILES string of the molecule is O=C(NC[C@@H]1CCCCN1C(=O)c1nc(C2CC2)sc1-c1ccc(F)cc1)c1cc2nccnc2s1. The molecular weight excluding hydrogens is 497 g/mol. The Bertz CT molecular complexity index is 1400. The van der Waals surface area contributed by atoms with Crippen molar-refractivity contribution in [3.8, 4) is 10.4 Å². The van der Waals surface area contributed by atoms with E-state index in [1.54, 1.807) is 30.6 Å². The molecule has 1 N–H and O–H groups in total. The van der Waals surface area contributed by atoms with Crippen molar-refractivity contribution in [1.29, 1.82) is 0 Å². The topological polar surface area (TPSA) is 88.1 Å². The van der Waals surface area contributed by atoms with Crippen molar-refractivity contribution in [3.05, 3.63) is 64.1 Å². The fourth-order valence-electron chi connectivity index (χ4n) is 4.58. The number of thiophene rings is 1. The zero-order valence-electron chi connectivity index (χ0n) is 19.4. The van der Waals surface area contributed by atoms with Gasteiger partial charge in [0.05, 0.1) is 14.8 Å². The highest BCUT2D eigenvalue weighted by molar-refractivity contribution is 7.20. The van der Waals surface area contributed by atoms with Gasteiger partial charge in [0.2, 0.25) is 0 Å². The molecule has 4 aromatic rings. The van der Waals surface area contributed by atoms with Gasteiger partial charge in [-0.1, -0.05) is 12.1 Å². The normalized spacial score (nSPS) is 17.9. The number of halogens is 1. The molecule has 7 nitrogen and oxygen atoms in total. The molecule has 1 aliphatic heterocycles. The number of hydrogen-bond donors (Lipinski definition) is 1. The lowest BCUT2D eigenvalue weighted by atomic mass is 10.0. The molecule has 1 aliphatic carbocycles. The van der Waals surface area contributed by atoms with Crippen LogP contribution >= 0.6 is 22.7 Å². The monoisotopic (exact) mass is 521 g/mol. The third-order valence-electron chi connectivity index (χ3n) is 6.65. The predicted molar refractivity (Wildman–Crippen MR) is 138 cm³/mol. The van der Waals surface area contributed by atoms with Gasteiger partial charge in [0, 0.05) is 37.4 Å². The van der Waals surface area contributed by atoms with Gasteiger partial charge in [-0.05, 0) is 55.9 Å². The summed E-state index contributed by atoms with van der Waals surface area (Å²) in [6, 6.07) is 7.87. The number of nitrogens with one attached hydrogen (secondary N) is 1. The number of carbonyl (C=O) groups is 2. The molecule has 2 fully saturated rings. The minimum absolute atomic E-state index is 0.118. The van der Waals surface area contributed by atoms with Crippen LogP contribution in [0.5, 0.6) is 0 Å². The van der Waals surface area contributed by atoms with E-state index in [-0.39, 0.29) is 23.7 Å². The largest absolute Gasteiger partial charge is 0.349 e. The van der Waals surface area contributed by atoms with E-state index in [1.807, 2.05) is 4.90 Å². The van der Waals surface area contributed by atoms with Crippen LogP contribution in [0, 0.1) is 5.82 Å². The summed E-state index contributed by atoms with van der Waals surface area (Å²) in [7, 11) is 0. The van der Waals surface area contributed by atoms with Crippen LogP contribution < -0.4 is 5.32 Å². The Morgan fingerprint density at radius 1 is 1.06 bits per heavy atom. The van der Waals surface area contributed by atoms with Crippen molar-refractivity contribution in [2.45, 2.75) is 44.1 Å². The summed E-state index contributed by atoms with van der Waals surface area (Å²) in [6.45, 7) is 0.987. The van der Waals surface area contributed by atoms with E-state index < -0.39 is 0 Å². The molecule has 0 unspecified atom stereocenters. The lowest BCUT2D eigenvalue weighted by molar-refractivity contribution is 0.0598. The maximum Gasteiger partial charge on any atom is 0.274 e. The van der Waals surface area contributed by atoms with Gasteiger partial charge < -0.3 is 10.2 Å². The molecule has 0 bridgehead atoms. The highest BCUT2D eigenvalue weighted by Crippen LogP contribution is 2.45. The zero-order chi connectivity index (χ0) is 24.6. The molecule has 1 aromatic carbocycles. The number of aromatic nitrogens is 3. The maximum atomic E-state index is 13.8. The lowest BCUT2D eigenvalue weighted by Gasteiger charge is -2.35. The van der Waals surface area contributed by atoms with Crippen LogP contribution in [-0.2, 0) is 0 Å². The van der Waals surface area contributed by atoms with Crippen LogP contribution in [-0.4, -0.2) is 50.8 Å². The number of thiazole rings is 1. The number of fused-ring (bicyclic) bond motifs is 1. The van der Waals surface area contributed by atoms with E-state index in [1.165, 1.54) is 34.8 Å². The molecule has 0 spiro atoms. The molecule has 2 aliphatic rings. The first-order valence-corrected chi connectivity index (χ1v) is 13.8. The second kappa shape index (κ2) is 9.67. The van der Waals surface area contributed by atoms with Gasteiger partial charge in [-0.15, -0.1) is 22.7 Å². The molecule has 4 heterocycles. The minimum atomic E-state index is -0.310. The number of nitrogens with zero attached hydrogens (tertiary/aromatic N) is 4. The molecule has 0 radical (unpaired) electrons. The van der Waals surface area contributed by atoms with Crippen LogP contribution in [0.4, 0.5) is 4.39 Å². The van der Waals surface area contributed by atoms with E-state index in [9.17, 15) is 14.0 Å². The Kier molecular flexibility index (Phi) is 6.22. The molecule has 1 atom stereocenters. The number of likely N-dealkylation sites (tertiary alicyclic amines) is 1. The van der Waals surface area contributed by atoms with E-state index in [2.05, 4.69) is 15.3 Å². The number of amides is 2.